The summed E-state index contributed by atoms with van der Waals surface area (Å²) in [6.45, 7) is 9.81. The van der Waals surface area contributed by atoms with Gasteiger partial charge >= 0.3 is 0 Å². The molecule has 2 aliphatic carbocycles. The molecule has 2 saturated carbocycles. The summed E-state index contributed by atoms with van der Waals surface area (Å²) >= 11 is 0. The molecule has 2 fully saturated rings. The summed E-state index contributed by atoms with van der Waals surface area (Å²) in [7, 11) is 1.84. The SMILES string of the molecule is CNC(C)(C#N)CCOC1CC2CCC1(C)C2(C)C. The van der Waals surface area contributed by atoms with Crippen LogP contribution in [0.5, 0.6) is 0 Å². The van der Waals surface area contributed by atoms with E-state index in [0.29, 0.717) is 23.5 Å². The molecule has 2 bridgehead atoms. The van der Waals surface area contributed by atoms with E-state index in [1.165, 1.54) is 19.3 Å². The maximum Gasteiger partial charge on any atom is 0.105 e. The Kier molecular flexibility index (Phi) is 3.70. The standard InChI is InChI=1S/C16H28N2O/c1-14(2)12-6-7-16(14,4)13(10-12)19-9-8-15(3,11-17)18-5/h12-13,18H,6-10H2,1-5H3. The Balaban J connectivity index is 1.91. The molecular weight excluding hydrogens is 236 g/mol. The van der Waals surface area contributed by atoms with Crippen LogP contribution in [0.4, 0.5) is 0 Å². The van der Waals surface area contributed by atoms with Gasteiger partial charge in [-0.2, -0.15) is 5.26 Å². The molecule has 108 valence electrons. The highest BCUT2D eigenvalue weighted by Gasteiger charge is 2.61. The van der Waals surface area contributed by atoms with E-state index in [-0.39, 0.29) is 0 Å². The van der Waals surface area contributed by atoms with E-state index in [1.807, 2.05) is 14.0 Å². The van der Waals surface area contributed by atoms with Crippen molar-refractivity contribution in [1.82, 2.24) is 5.32 Å². The van der Waals surface area contributed by atoms with Crippen LogP contribution in [-0.2, 0) is 4.74 Å². The Bertz CT molecular complexity index is 387. The van der Waals surface area contributed by atoms with Crippen molar-refractivity contribution in [2.75, 3.05) is 13.7 Å². The van der Waals surface area contributed by atoms with Crippen LogP contribution in [0, 0.1) is 28.1 Å². The number of rotatable bonds is 5. The second-order valence-corrected chi connectivity index (χ2v) is 7.41. The van der Waals surface area contributed by atoms with Gasteiger partial charge in [0.1, 0.15) is 5.54 Å². The lowest BCUT2D eigenvalue weighted by molar-refractivity contribution is -0.0501. The smallest absolute Gasteiger partial charge is 0.105 e. The van der Waals surface area contributed by atoms with E-state index in [2.05, 4.69) is 32.2 Å². The number of nitrogens with one attached hydrogen (secondary N) is 1. The van der Waals surface area contributed by atoms with Crippen molar-refractivity contribution in [3.8, 4) is 6.07 Å². The summed E-state index contributed by atoms with van der Waals surface area (Å²) in [5, 5.41) is 12.2. The van der Waals surface area contributed by atoms with Gasteiger partial charge in [0.25, 0.3) is 0 Å². The van der Waals surface area contributed by atoms with E-state index in [1.54, 1.807) is 0 Å². The molecular formula is C16H28N2O. The van der Waals surface area contributed by atoms with E-state index in [0.717, 1.165) is 12.3 Å². The molecule has 0 aromatic heterocycles. The fourth-order valence-electron chi connectivity index (χ4n) is 4.02. The van der Waals surface area contributed by atoms with Gasteiger partial charge in [0.15, 0.2) is 0 Å². The molecule has 2 rings (SSSR count). The number of hydrogen-bond acceptors (Lipinski definition) is 3. The molecule has 1 N–H and O–H groups in total. The molecule has 0 amide bonds. The minimum Gasteiger partial charge on any atom is -0.378 e. The first-order valence-corrected chi connectivity index (χ1v) is 7.51. The third-order valence-corrected chi connectivity index (χ3v) is 6.43. The Morgan fingerprint density at radius 1 is 1.42 bits per heavy atom. The van der Waals surface area contributed by atoms with Gasteiger partial charge in [-0.3, -0.25) is 0 Å². The average molecular weight is 264 g/mol. The first-order chi connectivity index (χ1) is 8.79. The Labute approximate surface area is 117 Å². The number of hydrogen-bond donors (Lipinski definition) is 1. The Morgan fingerprint density at radius 3 is 2.53 bits per heavy atom. The summed E-state index contributed by atoms with van der Waals surface area (Å²) < 4.78 is 6.18. The summed E-state index contributed by atoms with van der Waals surface area (Å²) in [6.07, 6.45) is 4.97. The largest absolute Gasteiger partial charge is 0.378 e. The van der Waals surface area contributed by atoms with Gasteiger partial charge in [-0.1, -0.05) is 20.8 Å². The lowest BCUT2D eigenvalue weighted by Crippen LogP contribution is -2.41. The first-order valence-electron chi connectivity index (χ1n) is 7.51. The van der Waals surface area contributed by atoms with Gasteiger partial charge in [-0.25, -0.2) is 0 Å². The molecule has 0 aromatic carbocycles. The number of ether oxygens (including phenoxy) is 1. The van der Waals surface area contributed by atoms with Crippen LogP contribution in [-0.4, -0.2) is 25.3 Å². The molecule has 0 aliphatic heterocycles. The highest BCUT2D eigenvalue weighted by Crippen LogP contribution is 2.66. The Hall–Kier alpha value is -0.590. The molecule has 19 heavy (non-hydrogen) atoms. The minimum atomic E-state index is -0.464. The van der Waals surface area contributed by atoms with Gasteiger partial charge in [0.05, 0.1) is 12.2 Å². The highest BCUT2D eigenvalue weighted by molar-refractivity contribution is 5.11. The Morgan fingerprint density at radius 2 is 2.11 bits per heavy atom. The molecule has 4 unspecified atom stereocenters. The fourth-order valence-corrected chi connectivity index (χ4v) is 4.02. The molecule has 0 radical (unpaired) electrons. The molecule has 0 spiro atoms. The second kappa shape index (κ2) is 4.75. The molecule has 0 heterocycles. The highest BCUT2D eigenvalue weighted by atomic mass is 16.5. The monoisotopic (exact) mass is 264 g/mol. The summed E-state index contributed by atoms with van der Waals surface area (Å²) in [5.41, 5.74) is 0.258. The third-order valence-electron chi connectivity index (χ3n) is 6.43. The predicted molar refractivity (Wildman–Crippen MR) is 76.7 cm³/mol. The van der Waals surface area contributed by atoms with Crippen molar-refractivity contribution in [1.29, 1.82) is 5.26 Å². The molecule has 3 heteroatoms. The number of fused-ring (bicyclic) bond motifs is 2. The number of nitriles is 1. The van der Waals surface area contributed by atoms with Crippen molar-refractivity contribution in [2.24, 2.45) is 16.7 Å². The number of nitrogens with zero attached hydrogens (tertiary/aromatic N) is 1. The minimum absolute atomic E-state index is 0.320. The van der Waals surface area contributed by atoms with Crippen molar-refractivity contribution in [3.63, 3.8) is 0 Å². The maximum absolute atomic E-state index is 9.15. The molecule has 2 aliphatic rings. The van der Waals surface area contributed by atoms with Crippen molar-refractivity contribution in [3.05, 3.63) is 0 Å². The molecule has 3 nitrogen and oxygen atoms in total. The lowest BCUT2D eigenvalue weighted by atomic mass is 9.70. The summed E-state index contributed by atoms with van der Waals surface area (Å²) in [6, 6.07) is 2.32. The normalized spacial score (nSPS) is 38.9. The van der Waals surface area contributed by atoms with Crippen molar-refractivity contribution in [2.45, 2.75) is 65.0 Å². The lowest BCUT2D eigenvalue weighted by Gasteiger charge is -2.39. The van der Waals surface area contributed by atoms with Gasteiger partial charge < -0.3 is 10.1 Å². The van der Waals surface area contributed by atoms with E-state index >= 15 is 0 Å². The third kappa shape index (κ3) is 2.19. The van der Waals surface area contributed by atoms with Crippen LogP contribution < -0.4 is 5.32 Å². The zero-order valence-electron chi connectivity index (χ0n) is 13.0. The maximum atomic E-state index is 9.15. The molecule has 4 atom stereocenters. The van der Waals surface area contributed by atoms with Crippen LogP contribution in [0.1, 0.15) is 53.4 Å². The molecule has 0 aromatic rings. The van der Waals surface area contributed by atoms with E-state index < -0.39 is 5.54 Å². The topological polar surface area (TPSA) is 45.0 Å². The van der Waals surface area contributed by atoms with Crippen LogP contribution in [0.25, 0.3) is 0 Å². The fraction of sp³-hybridized carbons (Fsp3) is 0.938. The quantitative estimate of drug-likeness (QED) is 0.830. The second-order valence-electron chi connectivity index (χ2n) is 7.41. The zero-order valence-corrected chi connectivity index (χ0v) is 13.0. The zero-order chi connectivity index (χ0) is 14.3. The van der Waals surface area contributed by atoms with Crippen LogP contribution in [0.15, 0.2) is 0 Å². The van der Waals surface area contributed by atoms with Crippen molar-refractivity contribution >= 4 is 0 Å². The molecule has 0 saturated heterocycles. The summed E-state index contributed by atoms with van der Waals surface area (Å²) in [5.74, 6) is 0.814. The van der Waals surface area contributed by atoms with Crippen LogP contribution in [0.2, 0.25) is 0 Å². The predicted octanol–water partition coefficient (Wildman–Crippen LogP) is 3.11. The van der Waals surface area contributed by atoms with Crippen molar-refractivity contribution < 1.29 is 4.74 Å². The van der Waals surface area contributed by atoms with E-state index in [4.69, 9.17) is 10.00 Å². The first kappa shape index (κ1) is 14.8. The van der Waals surface area contributed by atoms with Gasteiger partial charge in [0, 0.05) is 13.0 Å². The van der Waals surface area contributed by atoms with Crippen LogP contribution in [0.3, 0.4) is 0 Å². The van der Waals surface area contributed by atoms with Crippen LogP contribution >= 0.6 is 0 Å². The summed E-state index contributed by atoms with van der Waals surface area (Å²) in [4.78, 5) is 0. The van der Waals surface area contributed by atoms with Gasteiger partial charge in [0.2, 0.25) is 0 Å². The van der Waals surface area contributed by atoms with Gasteiger partial charge in [-0.05, 0) is 50.0 Å². The van der Waals surface area contributed by atoms with Gasteiger partial charge in [-0.15, -0.1) is 0 Å². The average Bonchev–Trinajstić information content (AvgIpc) is 2.71. The van der Waals surface area contributed by atoms with E-state index in [9.17, 15) is 0 Å².